The van der Waals surface area contributed by atoms with Crippen molar-refractivity contribution in [1.29, 1.82) is 0 Å². The van der Waals surface area contributed by atoms with Gasteiger partial charge in [-0.3, -0.25) is 0 Å². The summed E-state index contributed by atoms with van der Waals surface area (Å²) in [6.07, 6.45) is 0. The molecule has 24 heavy (non-hydrogen) atoms. The Labute approximate surface area is 160 Å². The number of hydrogen-bond acceptors (Lipinski definition) is 4. The molecule has 1 heterocycles. The summed E-state index contributed by atoms with van der Waals surface area (Å²) >= 11 is 0. The first-order chi connectivity index (χ1) is 11.0. The molecule has 0 bridgehead atoms. The molecule has 2 N–H and O–H groups in total. The van der Waals surface area contributed by atoms with Gasteiger partial charge in [-0.2, -0.15) is 4.98 Å². The van der Waals surface area contributed by atoms with Crippen LogP contribution in [-0.4, -0.2) is 22.6 Å². The molecule has 1 aromatic carbocycles. The van der Waals surface area contributed by atoms with Gasteiger partial charge in [0.05, 0.1) is 13.1 Å². The van der Waals surface area contributed by atoms with Gasteiger partial charge in [-0.15, -0.1) is 24.0 Å². The Bertz CT molecular complexity index is 634. The SMILES string of the molecule is CCNC(=NCc1ccccc1)NCc1noc(C(C)(C)C)n1.I. The minimum atomic E-state index is -0.142. The highest BCUT2D eigenvalue weighted by Gasteiger charge is 2.21. The maximum Gasteiger partial charge on any atom is 0.232 e. The Morgan fingerprint density at radius 3 is 2.46 bits per heavy atom. The van der Waals surface area contributed by atoms with Crippen molar-refractivity contribution in [2.45, 2.75) is 46.2 Å². The summed E-state index contributed by atoms with van der Waals surface area (Å²) in [6.45, 7) is 10.1. The predicted molar refractivity (Wildman–Crippen MR) is 107 cm³/mol. The van der Waals surface area contributed by atoms with Crippen molar-refractivity contribution in [3.8, 4) is 0 Å². The maximum atomic E-state index is 5.29. The molecule has 0 saturated heterocycles. The molecule has 0 radical (unpaired) electrons. The van der Waals surface area contributed by atoms with E-state index in [2.05, 4.69) is 37.9 Å². The molecule has 0 amide bonds. The fourth-order valence-corrected chi connectivity index (χ4v) is 1.89. The molecule has 132 valence electrons. The van der Waals surface area contributed by atoms with Gasteiger partial charge in [-0.05, 0) is 12.5 Å². The number of rotatable bonds is 5. The molecule has 0 atom stereocenters. The molecule has 0 aliphatic rings. The second kappa shape index (κ2) is 9.61. The van der Waals surface area contributed by atoms with Crippen molar-refractivity contribution in [3.05, 3.63) is 47.6 Å². The van der Waals surface area contributed by atoms with E-state index in [1.165, 1.54) is 5.56 Å². The number of aromatic nitrogens is 2. The van der Waals surface area contributed by atoms with Crippen LogP contribution in [0.2, 0.25) is 0 Å². The van der Waals surface area contributed by atoms with E-state index in [9.17, 15) is 0 Å². The van der Waals surface area contributed by atoms with Crippen LogP contribution >= 0.6 is 24.0 Å². The van der Waals surface area contributed by atoms with Crippen LogP contribution in [-0.2, 0) is 18.5 Å². The van der Waals surface area contributed by atoms with E-state index >= 15 is 0 Å². The van der Waals surface area contributed by atoms with E-state index < -0.39 is 0 Å². The zero-order chi connectivity index (χ0) is 16.7. The third kappa shape index (κ3) is 6.46. The Morgan fingerprint density at radius 1 is 1.17 bits per heavy atom. The minimum absolute atomic E-state index is 0. The molecular formula is C17H26IN5O. The lowest BCUT2D eigenvalue weighted by atomic mass is 9.97. The summed E-state index contributed by atoms with van der Waals surface area (Å²) in [5, 5.41) is 10.4. The second-order valence-corrected chi connectivity index (χ2v) is 6.30. The molecule has 0 spiro atoms. The summed E-state index contributed by atoms with van der Waals surface area (Å²) < 4.78 is 5.29. The molecule has 0 aliphatic heterocycles. The summed E-state index contributed by atoms with van der Waals surface area (Å²) in [5.41, 5.74) is 1.02. The average molecular weight is 443 g/mol. The third-order valence-corrected chi connectivity index (χ3v) is 3.13. The molecule has 0 saturated carbocycles. The lowest BCUT2D eigenvalue weighted by molar-refractivity contribution is 0.318. The zero-order valence-corrected chi connectivity index (χ0v) is 17.0. The standard InChI is InChI=1S/C17H25N5O.HI/c1-5-18-16(19-11-13-9-7-6-8-10-13)20-12-14-21-15(23-22-14)17(2,3)4;/h6-10H,5,11-12H2,1-4H3,(H2,18,19,20);1H. The van der Waals surface area contributed by atoms with Crippen molar-refractivity contribution in [2.24, 2.45) is 4.99 Å². The van der Waals surface area contributed by atoms with E-state index in [0.717, 1.165) is 12.5 Å². The first-order valence-corrected chi connectivity index (χ1v) is 7.88. The Morgan fingerprint density at radius 2 is 1.88 bits per heavy atom. The van der Waals surface area contributed by atoms with Gasteiger partial charge in [-0.1, -0.05) is 56.3 Å². The molecule has 7 heteroatoms. The van der Waals surface area contributed by atoms with E-state index in [-0.39, 0.29) is 29.4 Å². The first-order valence-electron chi connectivity index (χ1n) is 7.88. The predicted octanol–water partition coefficient (Wildman–Crippen LogP) is 3.24. The third-order valence-electron chi connectivity index (χ3n) is 3.13. The van der Waals surface area contributed by atoms with Gasteiger partial charge in [-0.25, -0.2) is 4.99 Å². The van der Waals surface area contributed by atoms with Crippen molar-refractivity contribution < 1.29 is 4.52 Å². The highest BCUT2D eigenvalue weighted by Crippen LogP contribution is 2.19. The molecule has 0 fully saturated rings. The molecule has 2 rings (SSSR count). The second-order valence-electron chi connectivity index (χ2n) is 6.30. The smallest absolute Gasteiger partial charge is 0.232 e. The molecule has 1 aromatic heterocycles. The molecule has 0 unspecified atom stereocenters. The monoisotopic (exact) mass is 443 g/mol. The fourth-order valence-electron chi connectivity index (χ4n) is 1.89. The van der Waals surface area contributed by atoms with E-state index in [0.29, 0.717) is 24.8 Å². The largest absolute Gasteiger partial charge is 0.357 e. The van der Waals surface area contributed by atoms with Crippen LogP contribution in [0, 0.1) is 0 Å². The highest BCUT2D eigenvalue weighted by atomic mass is 127. The number of guanidine groups is 1. The maximum absolute atomic E-state index is 5.29. The number of nitrogens with zero attached hydrogens (tertiary/aromatic N) is 3. The van der Waals surface area contributed by atoms with Crippen LogP contribution in [0.1, 0.15) is 45.0 Å². The van der Waals surface area contributed by atoms with Gasteiger partial charge in [0.2, 0.25) is 5.89 Å². The summed E-state index contributed by atoms with van der Waals surface area (Å²) in [7, 11) is 0. The first kappa shape index (κ1) is 20.4. The highest BCUT2D eigenvalue weighted by molar-refractivity contribution is 14.0. The van der Waals surface area contributed by atoms with Crippen LogP contribution in [0.3, 0.4) is 0 Å². The van der Waals surface area contributed by atoms with Gasteiger partial charge in [0, 0.05) is 12.0 Å². The molecule has 0 aliphatic carbocycles. The van der Waals surface area contributed by atoms with Crippen LogP contribution in [0.15, 0.2) is 39.8 Å². The minimum Gasteiger partial charge on any atom is -0.357 e. The Balaban J connectivity index is 0.00000288. The lowest BCUT2D eigenvalue weighted by Crippen LogP contribution is -2.37. The van der Waals surface area contributed by atoms with Crippen molar-refractivity contribution in [3.63, 3.8) is 0 Å². The van der Waals surface area contributed by atoms with E-state index in [1.807, 2.05) is 45.9 Å². The van der Waals surface area contributed by atoms with Gasteiger partial charge < -0.3 is 15.2 Å². The van der Waals surface area contributed by atoms with Crippen molar-refractivity contribution >= 4 is 29.9 Å². The van der Waals surface area contributed by atoms with Crippen LogP contribution in [0.25, 0.3) is 0 Å². The van der Waals surface area contributed by atoms with Gasteiger partial charge in [0.1, 0.15) is 0 Å². The molecule has 2 aromatic rings. The number of benzene rings is 1. The molecule has 6 nitrogen and oxygen atoms in total. The lowest BCUT2D eigenvalue weighted by Gasteiger charge is -2.11. The van der Waals surface area contributed by atoms with Crippen LogP contribution < -0.4 is 10.6 Å². The Kier molecular flexibility index (Phi) is 8.17. The zero-order valence-electron chi connectivity index (χ0n) is 14.7. The average Bonchev–Trinajstić information content (AvgIpc) is 3.00. The van der Waals surface area contributed by atoms with E-state index in [4.69, 9.17) is 4.52 Å². The fraction of sp³-hybridized carbons (Fsp3) is 0.471. The number of nitrogens with one attached hydrogen (secondary N) is 2. The van der Waals surface area contributed by atoms with Gasteiger partial charge in [0.25, 0.3) is 0 Å². The quantitative estimate of drug-likeness (QED) is 0.422. The number of aliphatic imine (C=N–C) groups is 1. The summed E-state index contributed by atoms with van der Waals surface area (Å²) in [6, 6.07) is 10.1. The van der Waals surface area contributed by atoms with Crippen molar-refractivity contribution in [1.82, 2.24) is 20.8 Å². The Hall–Kier alpha value is -1.64. The van der Waals surface area contributed by atoms with Gasteiger partial charge in [0.15, 0.2) is 11.8 Å². The topological polar surface area (TPSA) is 75.3 Å². The summed E-state index contributed by atoms with van der Waals surface area (Å²) in [5.74, 6) is 2.00. The van der Waals surface area contributed by atoms with Gasteiger partial charge >= 0.3 is 0 Å². The molecular weight excluding hydrogens is 417 g/mol. The van der Waals surface area contributed by atoms with E-state index in [1.54, 1.807) is 0 Å². The van der Waals surface area contributed by atoms with Crippen LogP contribution in [0.4, 0.5) is 0 Å². The van der Waals surface area contributed by atoms with Crippen LogP contribution in [0.5, 0.6) is 0 Å². The normalized spacial score (nSPS) is 11.8. The number of halogens is 1. The summed E-state index contributed by atoms with van der Waals surface area (Å²) in [4.78, 5) is 8.97. The number of hydrogen-bond donors (Lipinski definition) is 2. The van der Waals surface area contributed by atoms with Crippen molar-refractivity contribution in [2.75, 3.05) is 6.54 Å².